The molecule has 0 saturated heterocycles. The van der Waals surface area contributed by atoms with Crippen LogP contribution in [0.5, 0.6) is 0 Å². The smallest absolute Gasteiger partial charge is 0.276 e. The molecule has 2 aromatic carbocycles. The molecule has 0 spiro atoms. The highest BCUT2D eigenvalue weighted by atomic mass is 35.5. The third kappa shape index (κ3) is 4.98. The number of benzene rings is 2. The van der Waals surface area contributed by atoms with Crippen LogP contribution in [0.25, 0.3) is 5.70 Å². The van der Waals surface area contributed by atoms with Crippen molar-refractivity contribution in [2.45, 2.75) is 12.8 Å². The summed E-state index contributed by atoms with van der Waals surface area (Å²) >= 11 is 6.43. The molecule has 0 fully saturated rings. The van der Waals surface area contributed by atoms with Crippen molar-refractivity contribution >= 4 is 35.6 Å². The quantitative estimate of drug-likeness (QED) is 0.435. The molecule has 1 aliphatic heterocycles. The number of nitrogens with zero attached hydrogens (tertiary/aromatic N) is 3. The van der Waals surface area contributed by atoms with E-state index < -0.39 is 0 Å². The number of amides is 1. The van der Waals surface area contributed by atoms with Crippen molar-refractivity contribution in [2.75, 3.05) is 6.54 Å². The van der Waals surface area contributed by atoms with Crippen molar-refractivity contribution in [3.05, 3.63) is 113 Å². The molecule has 5 heteroatoms. The Labute approximate surface area is 187 Å². The van der Waals surface area contributed by atoms with Gasteiger partial charge in [-0.3, -0.25) is 14.8 Å². The summed E-state index contributed by atoms with van der Waals surface area (Å²) in [6, 6.07) is 17.6. The van der Waals surface area contributed by atoms with Gasteiger partial charge in [0.1, 0.15) is 5.70 Å². The van der Waals surface area contributed by atoms with E-state index >= 15 is 0 Å². The summed E-state index contributed by atoms with van der Waals surface area (Å²) in [6.45, 7) is 3.99. The van der Waals surface area contributed by atoms with E-state index in [1.54, 1.807) is 17.2 Å². The maximum atomic E-state index is 13.3. The first kappa shape index (κ1) is 20.8. The van der Waals surface area contributed by atoms with Crippen LogP contribution in [-0.2, 0) is 11.2 Å². The van der Waals surface area contributed by atoms with Gasteiger partial charge in [-0.15, -0.1) is 0 Å². The molecule has 1 amide bonds. The highest BCUT2D eigenvalue weighted by molar-refractivity contribution is 6.32. The molecule has 1 aliphatic carbocycles. The third-order valence-electron chi connectivity index (χ3n) is 5.08. The Morgan fingerprint density at radius 3 is 2.65 bits per heavy atom. The predicted molar refractivity (Wildman–Crippen MR) is 128 cm³/mol. The van der Waals surface area contributed by atoms with Gasteiger partial charge in [0.25, 0.3) is 5.91 Å². The lowest BCUT2D eigenvalue weighted by atomic mass is 10.1. The van der Waals surface area contributed by atoms with Gasteiger partial charge < -0.3 is 4.90 Å². The van der Waals surface area contributed by atoms with Crippen molar-refractivity contribution in [1.82, 2.24) is 4.90 Å². The zero-order chi connectivity index (χ0) is 21.6. The van der Waals surface area contributed by atoms with E-state index in [2.05, 4.69) is 23.8 Å². The number of carbonyl (C=O) groups excluding carboxylic acids is 1. The molecule has 31 heavy (non-hydrogen) atoms. The molecule has 0 aromatic heterocycles. The van der Waals surface area contributed by atoms with Gasteiger partial charge in [-0.25, -0.2) is 0 Å². The lowest BCUT2D eigenvalue weighted by Gasteiger charge is -2.25. The molecule has 1 heterocycles. The SMILES string of the molecule is C=N/C(=C\C1=CC=CC1)C(=O)N1C=C(c2ccccc2Cl)N=C(Cc2ccccc2)C1. The molecule has 4 rings (SSSR count). The Bertz CT molecular complexity index is 1160. The number of allylic oxidation sites excluding steroid dienone is 5. The van der Waals surface area contributed by atoms with E-state index in [0.29, 0.717) is 29.4 Å². The average molecular weight is 428 g/mol. The van der Waals surface area contributed by atoms with Gasteiger partial charge in [-0.1, -0.05) is 78.4 Å². The number of hydrogen-bond donors (Lipinski definition) is 0. The normalized spacial score (nSPS) is 16.0. The lowest BCUT2D eigenvalue weighted by Crippen LogP contribution is -2.35. The molecule has 2 aliphatic rings. The Morgan fingerprint density at radius 1 is 1.16 bits per heavy atom. The number of rotatable bonds is 6. The lowest BCUT2D eigenvalue weighted by molar-refractivity contribution is -0.124. The summed E-state index contributed by atoms with van der Waals surface area (Å²) in [5.41, 5.74) is 4.79. The first-order valence-electron chi connectivity index (χ1n) is 10.1. The van der Waals surface area contributed by atoms with Gasteiger partial charge in [0.2, 0.25) is 0 Å². The van der Waals surface area contributed by atoms with Crippen LogP contribution in [0.4, 0.5) is 0 Å². The van der Waals surface area contributed by atoms with Crippen LogP contribution < -0.4 is 0 Å². The summed E-state index contributed by atoms with van der Waals surface area (Å²) in [4.78, 5) is 23.8. The molecule has 4 nitrogen and oxygen atoms in total. The van der Waals surface area contributed by atoms with Crippen molar-refractivity contribution in [2.24, 2.45) is 9.98 Å². The minimum atomic E-state index is -0.215. The van der Waals surface area contributed by atoms with E-state index in [1.807, 2.05) is 60.7 Å². The largest absolute Gasteiger partial charge is 0.306 e. The number of carbonyl (C=O) groups is 1. The monoisotopic (exact) mass is 427 g/mol. The Balaban J connectivity index is 1.68. The number of halogens is 1. The second-order valence-electron chi connectivity index (χ2n) is 7.33. The van der Waals surface area contributed by atoms with Crippen molar-refractivity contribution < 1.29 is 4.79 Å². The summed E-state index contributed by atoms with van der Waals surface area (Å²) in [5.74, 6) is -0.215. The Kier molecular flexibility index (Phi) is 6.39. The van der Waals surface area contributed by atoms with Crippen LogP contribution >= 0.6 is 11.6 Å². The van der Waals surface area contributed by atoms with Gasteiger partial charge in [0, 0.05) is 23.9 Å². The molecule has 0 unspecified atom stereocenters. The fraction of sp³-hybridized carbons (Fsp3) is 0.115. The van der Waals surface area contributed by atoms with E-state index in [-0.39, 0.29) is 5.91 Å². The minimum Gasteiger partial charge on any atom is -0.306 e. The summed E-state index contributed by atoms with van der Waals surface area (Å²) in [6.07, 6.45) is 11.0. The summed E-state index contributed by atoms with van der Waals surface area (Å²) in [7, 11) is 0. The summed E-state index contributed by atoms with van der Waals surface area (Å²) < 4.78 is 0. The predicted octanol–water partition coefficient (Wildman–Crippen LogP) is 5.64. The topological polar surface area (TPSA) is 45.0 Å². The first-order valence-corrected chi connectivity index (χ1v) is 10.4. The standard InChI is InChI=1S/C26H22ClN3O/c1-28-24(16-20-11-5-6-12-20)26(31)30-17-21(15-19-9-3-2-4-10-19)29-25(18-30)22-13-7-8-14-23(22)27/h2-11,13-14,16,18H,1,12,15,17H2/b24-16-. The second-order valence-corrected chi connectivity index (χ2v) is 7.74. The maximum absolute atomic E-state index is 13.3. The zero-order valence-corrected chi connectivity index (χ0v) is 17.8. The fourth-order valence-corrected chi connectivity index (χ4v) is 3.78. The maximum Gasteiger partial charge on any atom is 0.276 e. The van der Waals surface area contributed by atoms with E-state index in [9.17, 15) is 4.79 Å². The highest BCUT2D eigenvalue weighted by Crippen LogP contribution is 2.28. The number of aliphatic imine (C=N–C) groups is 2. The Morgan fingerprint density at radius 2 is 1.94 bits per heavy atom. The highest BCUT2D eigenvalue weighted by Gasteiger charge is 2.24. The molecule has 154 valence electrons. The van der Waals surface area contributed by atoms with Crippen LogP contribution in [0.1, 0.15) is 17.5 Å². The van der Waals surface area contributed by atoms with Gasteiger partial charge in [0.15, 0.2) is 0 Å². The van der Waals surface area contributed by atoms with Crippen molar-refractivity contribution in [3.8, 4) is 0 Å². The molecule has 0 saturated carbocycles. The number of hydrogen-bond acceptors (Lipinski definition) is 3. The van der Waals surface area contributed by atoms with Gasteiger partial charge >= 0.3 is 0 Å². The van der Waals surface area contributed by atoms with Crippen molar-refractivity contribution in [3.63, 3.8) is 0 Å². The van der Waals surface area contributed by atoms with Gasteiger partial charge in [0.05, 0.1) is 17.3 Å². The third-order valence-corrected chi connectivity index (χ3v) is 5.41. The Hall–Kier alpha value is -3.50. The van der Waals surface area contributed by atoms with Crippen LogP contribution in [-0.4, -0.2) is 29.8 Å². The second kappa shape index (κ2) is 9.54. The van der Waals surface area contributed by atoms with Gasteiger partial charge in [-0.2, -0.15) is 0 Å². The molecule has 0 N–H and O–H groups in total. The molecular weight excluding hydrogens is 406 g/mol. The van der Waals surface area contributed by atoms with Crippen LogP contribution in [0.15, 0.2) is 106 Å². The zero-order valence-electron chi connectivity index (χ0n) is 17.0. The molecular formula is C26H22ClN3O. The first-order chi connectivity index (χ1) is 15.1. The average Bonchev–Trinajstić information content (AvgIpc) is 3.31. The molecule has 2 aromatic rings. The molecule has 0 radical (unpaired) electrons. The van der Waals surface area contributed by atoms with E-state index in [0.717, 1.165) is 28.8 Å². The molecule has 0 atom stereocenters. The van der Waals surface area contributed by atoms with Crippen LogP contribution in [0, 0.1) is 0 Å². The van der Waals surface area contributed by atoms with Crippen LogP contribution in [0.3, 0.4) is 0 Å². The van der Waals surface area contributed by atoms with E-state index in [4.69, 9.17) is 16.6 Å². The van der Waals surface area contributed by atoms with Crippen molar-refractivity contribution in [1.29, 1.82) is 0 Å². The van der Waals surface area contributed by atoms with Gasteiger partial charge in [-0.05, 0) is 36.4 Å². The molecule has 0 bridgehead atoms. The minimum absolute atomic E-state index is 0.215. The van der Waals surface area contributed by atoms with Crippen LogP contribution in [0.2, 0.25) is 5.02 Å². The summed E-state index contributed by atoms with van der Waals surface area (Å²) in [5, 5.41) is 0.589. The van der Waals surface area contributed by atoms with E-state index in [1.165, 1.54) is 0 Å². The fourth-order valence-electron chi connectivity index (χ4n) is 3.55.